The first-order valence-corrected chi connectivity index (χ1v) is 7.50. The molecule has 0 bridgehead atoms. The highest BCUT2D eigenvalue weighted by molar-refractivity contribution is 5.41. The van der Waals surface area contributed by atoms with Gasteiger partial charge in [-0.05, 0) is 38.1 Å². The number of benzene rings is 1. The zero-order chi connectivity index (χ0) is 14.2. The van der Waals surface area contributed by atoms with Crippen LogP contribution in [0.2, 0.25) is 0 Å². The summed E-state index contributed by atoms with van der Waals surface area (Å²) in [4.78, 5) is 2.37. The molecule has 4 heteroatoms. The molecular weight excluding hydrogens is 250 g/mol. The molecular formula is C16H25N3O. The maximum absolute atomic E-state index is 5.92. The number of hydrogen-bond donors (Lipinski definition) is 1. The minimum Gasteiger partial charge on any atom is -0.487 e. The third kappa shape index (κ3) is 3.14. The number of piperazine rings is 1. The highest BCUT2D eigenvalue weighted by Crippen LogP contribution is 2.35. The van der Waals surface area contributed by atoms with Crippen LogP contribution in [0.3, 0.4) is 0 Å². The summed E-state index contributed by atoms with van der Waals surface area (Å²) < 4.78 is 5.92. The molecule has 2 aliphatic heterocycles. The van der Waals surface area contributed by atoms with Gasteiger partial charge < -0.3 is 9.64 Å². The van der Waals surface area contributed by atoms with Crippen molar-refractivity contribution in [2.24, 2.45) is 0 Å². The number of hydrazine groups is 1. The van der Waals surface area contributed by atoms with E-state index >= 15 is 0 Å². The zero-order valence-corrected chi connectivity index (χ0v) is 12.8. The van der Waals surface area contributed by atoms with Gasteiger partial charge in [-0.2, -0.15) is 0 Å². The van der Waals surface area contributed by atoms with Crippen LogP contribution in [0, 0.1) is 0 Å². The third-order valence-corrected chi connectivity index (χ3v) is 4.14. The van der Waals surface area contributed by atoms with Crippen LogP contribution >= 0.6 is 0 Å². The Labute approximate surface area is 121 Å². The predicted molar refractivity (Wildman–Crippen MR) is 80.8 cm³/mol. The minimum atomic E-state index is -0.0498. The molecule has 1 aromatic rings. The van der Waals surface area contributed by atoms with Gasteiger partial charge in [-0.25, -0.2) is 5.01 Å². The Kier molecular flexibility index (Phi) is 3.71. The van der Waals surface area contributed by atoms with Crippen LogP contribution in [0.25, 0.3) is 0 Å². The lowest BCUT2D eigenvalue weighted by Gasteiger charge is -2.32. The number of likely N-dealkylation sites (N-methyl/N-ethyl adjacent to an activating group) is 1. The van der Waals surface area contributed by atoms with Gasteiger partial charge in [0.15, 0.2) is 0 Å². The van der Waals surface area contributed by atoms with E-state index < -0.39 is 0 Å². The third-order valence-electron chi connectivity index (χ3n) is 4.14. The van der Waals surface area contributed by atoms with Crippen LogP contribution in [0.5, 0.6) is 5.75 Å². The maximum atomic E-state index is 5.92. The molecule has 0 aliphatic carbocycles. The van der Waals surface area contributed by atoms with Crippen LogP contribution in [0.1, 0.15) is 25.0 Å². The largest absolute Gasteiger partial charge is 0.487 e. The molecule has 0 amide bonds. The van der Waals surface area contributed by atoms with E-state index in [0.717, 1.165) is 44.9 Å². The van der Waals surface area contributed by atoms with E-state index in [1.165, 1.54) is 11.1 Å². The molecule has 2 heterocycles. The fraction of sp³-hybridized carbons (Fsp3) is 0.625. The van der Waals surface area contributed by atoms with Crippen LogP contribution in [-0.4, -0.2) is 48.7 Å². The number of ether oxygens (including phenoxy) is 1. The van der Waals surface area contributed by atoms with Crippen molar-refractivity contribution in [1.82, 2.24) is 15.3 Å². The van der Waals surface area contributed by atoms with E-state index in [1.54, 1.807) is 0 Å². The van der Waals surface area contributed by atoms with Crippen molar-refractivity contribution in [2.75, 3.05) is 33.2 Å². The van der Waals surface area contributed by atoms with Gasteiger partial charge in [0.2, 0.25) is 0 Å². The van der Waals surface area contributed by atoms with Crippen molar-refractivity contribution in [3.63, 3.8) is 0 Å². The molecule has 0 saturated carbocycles. The van der Waals surface area contributed by atoms with Gasteiger partial charge in [-0.3, -0.25) is 5.43 Å². The summed E-state index contributed by atoms with van der Waals surface area (Å²) in [7, 11) is 2.18. The van der Waals surface area contributed by atoms with E-state index in [0.29, 0.717) is 0 Å². The number of fused-ring (bicyclic) bond motifs is 1. The minimum absolute atomic E-state index is 0.0498. The second-order valence-electron chi connectivity index (χ2n) is 6.61. The Balaban J connectivity index is 1.57. The Hall–Kier alpha value is -1.10. The van der Waals surface area contributed by atoms with E-state index in [9.17, 15) is 0 Å². The summed E-state index contributed by atoms with van der Waals surface area (Å²) in [6.07, 6.45) is 1.00. The smallest absolute Gasteiger partial charge is 0.123 e. The van der Waals surface area contributed by atoms with Crippen molar-refractivity contribution in [2.45, 2.75) is 32.4 Å². The van der Waals surface area contributed by atoms with Crippen LogP contribution < -0.4 is 10.2 Å². The molecule has 1 N–H and O–H groups in total. The summed E-state index contributed by atoms with van der Waals surface area (Å²) in [5.41, 5.74) is 6.16. The summed E-state index contributed by atoms with van der Waals surface area (Å²) in [6.45, 7) is 9.66. The SMILES string of the molecule is CN1CCN(NCc2ccc3c(c2)CC(C)(C)O3)CC1. The average molecular weight is 275 g/mol. The maximum Gasteiger partial charge on any atom is 0.123 e. The fourth-order valence-corrected chi connectivity index (χ4v) is 2.94. The van der Waals surface area contributed by atoms with Crippen molar-refractivity contribution >= 4 is 0 Å². The molecule has 1 aromatic carbocycles. The Morgan fingerprint density at radius 2 is 1.95 bits per heavy atom. The van der Waals surface area contributed by atoms with Crippen molar-refractivity contribution in [3.05, 3.63) is 29.3 Å². The van der Waals surface area contributed by atoms with Crippen LogP contribution in [0.4, 0.5) is 0 Å². The Bertz CT molecular complexity index is 479. The highest BCUT2D eigenvalue weighted by Gasteiger charge is 2.29. The first kappa shape index (κ1) is 13.9. The summed E-state index contributed by atoms with van der Waals surface area (Å²) in [5.74, 6) is 1.05. The lowest BCUT2D eigenvalue weighted by molar-refractivity contribution is 0.102. The molecule has 110 valence electrons. The zero-order valence-electron chi connectivity index (χ0n) is 12.8. The summed E-state index contributed by atoms with van der Waals surface area (Å²) in [5, 5.41) is 2.33. The number of nitrogens with one attached hydrogen (secondary N) is 1. The lowest BCUT2D eigenvalue weighted by atomic mass is 10.0. The molecule has 4 nitrogen and oxygen atoms in total. The second kappa shape index (κ2) is 5.35. The lowest BCUT2D eigenvalue weighted by Crippen LogP contribution is -2.50. The van der Waals surface area contributed by atoms with Gasteiger partial charge in [-0.1, -0.05) is 12.1 Å². The van der Waals surface area contributed by atoms with Crippen molar-refractivity contribution in [3.8, 4) is 5.75 Å². The predicted octanol–water partition coefficient (Wildman–Crippen LogP) is 1.65. The number of nitrogens with zero attached hydrogens (tertiary/aromatic N) is 2. The van der Waals surface area contributed by atoms with Gasteiger partial charge in [0, 0.05) is 39.1 Å². The van der Waals surface area contributed by atoms with Gasteiger partial charge in [0.25, 0.3) is 0 Å². The van der Waals surface area contributed by atoms with E-state index in [-0.39, 0.29) is 5.60 Å². The van der Waals surface area contributed by atoms with Gasteiger partial charge in [0.05, 0.1) is 0 Å². The molecule has 1 fully saturated rings. The Morgan fingerprint density at radius 3 is 2.70 bits per heavy atom. The van der Waals surface area contributed by atoms with Gasteiger partial charge in [-0.15, -0.1) is 0 Å². The molecule has 1 saturated heterocycles. The molecule has 0 unspecified atom stereocenters. The standard InChI is InChI=1S/C16H25N3O/c1-16(2)11-14-10-13(4-5-15(14)20-16)12-17-19-8-6-18(3)7-9-19/h4-5,10,17H,6-9,11-12H2,1-3H3. The van der Waals surface area contributed by atoms with E-state index in [4.69, 9.17) is 4.74 Å². The quantitative estimate of drug-likeness (QED) is 0.908. The molecule has 0 aromatic heterocycles. The number of rotatable bonds is 3. The summed E-state index contributed by atoms with van der Waals surface area (Å²) >= 11 is 0. The molecule has 2 aliphatic rings. The first-order chi connectivity index (χ1) is 9.52. The van der Waals surface area contributed by atoms with Crippen molar-refractivity contribution < 1.29 is 4.74 Å². The summed E-state index contributed by atoms with van der Waals surface area (Å²) in [6, 6.07) is 6.57. The average Bonchev–Trinajstić information content (AvgIpc) is 2.71. The molecule has 0 atom stereocenters. The van der Waals surface area contributed by atoms with E-state index in [2.05, 4.69) is 54.4 Å². The van der Waals surface area contributed by atoms with Crippen LogP contribution in [-0.2, 0) is 13.0 Å². The Morgan fingerprint density at radius 1 is 1.20 bits per heavy atom. The monoisotopic (exact) mass is 275 g/mol. The van der Waals surface area contributed by atoms with Crippen molar-refractivity contribution in [1.29, 1.82) is 0 Å². The number of hydrogen-bond acceptors (Lipinski definition) is 4. The van der Waals surface area contributed by atoms with Gasteiger partial charge in [0.1, 0.15) is 11.4 Å². The normalized spacial score (nSPS) is 22.6. The molecule has 3 rings (SSSR count). The van der Waals surface area contributed by atoms with Gasteiger partial charge >= 0.3 is 0 Å². The second-order valence-corrected chi connectivity index (χ2v) is 6.61. The fourth-order valence-electron chi connectivity index (χ4n) is 2.94. The molecule has 20 heavy (non-hydrogen) atoms. The molecule has 0 radical (unpaired) electrons. The first-order valence-electron chi connectivity index (χ1n) is 7.50. The van der Waals surface area contributed by atoms with E-state index in [1.807, 2.05) is 0 Å². The highest BCUT2D eigenvalue weighted by atomic mass is 16.5. The van der Waals surface area contributed by atoms with Crippen LogP contribution in [0.15, 0.2) is 18.2 Å². The molecule has 0 spiro atoms. The topological polar surface area (TPSA) is 27.7 Å².